The number of aliphatic hydroxyl groups is 1. The zero-order valence-electron chi connectivity index (χ0n) is 29.3. The van der Waals surface area contributed by atoms with Gasteiger partial charge in [-0.1, -0.05) is 128 Å². The van der Waals surface area contributed by atoms with Crippen LogP contribution in [0.15, 0.2) is 133 Å². The highest BCUT2D eigenvalue weighted by atomic mass is 35.5. The molecule has 0 aliphatic carbocycles. The van der Waals surface area contributed by atoms with Crippen molar-refractivity contribution in [3.05, 3.63) is 172 Å². The first kappa shape index (κ1) is 35.4. The lowest BCUT2D eigenvalue weighted by atomic mass is 9.70. The summed E-state index contributed by atoms with van der Waals surface area (Å²) in [5.74, 6) is -0.864. The lowest BCUT2D eigenvalue weighted by Gasteiger charge is -2.54. The van der Waals surface area contributed by atoms with Crippen molar-refractivity contribution in [3.8, 4) is 5.75 Å². The van der Waals surface area contributed by atoms with E-state index in [1.165, 1.54) is 0 Å². The molecule has 5 aromatic carbocycles. The highest BCUT2D eigenvalue weighted by Gasteiger charge is 2.71. The maximum absolute atomic E-state index is 11.7. The van der Waals surface area contributed by atoms with E-state index < -0.39 is 29.2 Å². The first-order valence-electron chi connectivity index (χ1n) is 17.6. The molecule has 0 unspecified atom stereocenters. The van der Waals surface area contributed by atoms with Gasteiger partial charge in [-0.25, -0.2) is 0 Å². The summed E-state index contributed by atoms with van der Waals surface area (Å²) in [6.45, 7) is 6.99. The third kappa shape index (κ3) is 7.36. The summed E-state index contributed by atoms with van der Waals surface area (Å²) < 4.78 is 33.6. The maximum atomic E-state index is 11.7. The fourth-order valence-electron chi connectivity index (χ4n) is 7.37. The molecule has 1 N–H and O–H groups in total. The minimum Gasteiger partial charge on any atom is -0.489 e. The van der Waals surface area contributed by atoms with Crippen molar-refractivity contribution in [2.75, 3.05) is 6.61 Å². The number of hydrogen-bond donors (Lipinski definition) is 1. The van der Waals surface area contributed by atoms with Gasteiger partial charge in [0.25, 0.3) is 0 Å². The standard InChI is InChI=1S/C44H45ClO6/c1-31-40(48-28-34-15-9-5-10-16-34)41(49-29-35-17-11-6-12-18-35)44(50-30-43(31,51-44)42(2,3)46)37-21-24-39(45)36(26-37)25-32-19-22-38(23-20-32)47-27-33-13-7-4-8-14-33/h4-24,26,31,40-41,46H,25,27-30H2,1-3H3/t31-,40-,41+,43-,44-/m0/s1. The van der Waals surface area contributed by atoms with E-state index in [-0.39, 0.29) is 12.5 Å². The van der Waals surface area contributed by atoms with Crippen molar-refractivity contribution < 1.29 is 28.8 Å². The molecule has 0 amide bonds. The second-order valence-corrected chi connectivity index (χ2v) is 14.6. The second-order valence-electron chi connectivity index (χ2n) is 14.2. The zero-order valence-corrected chi connectivity index (χ0v) is 30.1. The van der Waals surface area contributed by atoms with Crippen molar-refractivity contribution in [2.45, 2.75) is 76.2 Å². The molecule has 2 bridgehead atoms. The van der Waals surface area contributed by atoms with Crippen LogP contribution in [0, 0.1) is 5.92 Å². The van der Waals surface area contributed by atoms with Gasteiger partial charge >= 0.3 is 0 Å². The van der Waals surface area contributed by atoms with Gasteiger partial charge in [-0.15, -0.1) is 0 Å². The van der Waals surface area contributed by atoms with Gasteiger partial charge in [0.15, 0.2) is 0 Å². The minimum atomic E-state index is -1.38. The first-order valence-corrected chi connectivity index (χ1v) is 18.0. The van der Waals surface area contributed by atoms with Crippen LogP contribution in [0.5, 0.6) is 5.75 Å². The second kappa shape index (κ2) is 14.9. The number of rotatable bonds is 13. The van der Waals surface area contributed by atoms with Crippen molar-refractivity contribution in [1.29, 1.82) is 0 Å². The predicted octanol–water partition coefficient (Wildman–Crippen LogP) is 9.04. The van der Waals surface area contributed by atoms with Gasteiger partial charge in [-0.3, -0.25) is 0 Å². The molecule has 0 radical (unpaired) electrons. The Morgan fingerprint density at radius 1 is 0.725 bits per heavy atom. The van der Waals surface area contributed by atoms with Gasteiger partial charge < -0.3 is 28.8 Å². The van der Waals surface area contributed by atoms with E-state index in [2.05, 4.69) is 19.1 Å². The number of benzene rings is 5. The van der Waals surface area contributed by atoms with Gasteiger partial charge in [0.05, 0.1) is 31.5 Å². The van der Waals surface area contributed by atoms with Crippen LogP contribution >= 0.6 is 11.6 Å². The Balaban J connectivity index is 1.21. The summed E-state index contributed by atoms with van der Waals surface area (Å²) in [6.07, 6.45) is -0.582. The molecule has 5 aromatic rings. The Hall–Kier alpha value is -4.01. The largest absolute Gasteiger partial charge is 0.489 e. The van der Waals surface area contributed by atoms with Crippen LogP contribution in [0.1, 0.15) is 54.2 Å². The lowest BCUT2D eigenvalue weighted by Crippen LogP contribution is -2.68. The van der Waals surface area contributed by atoms with E-state index >= 15 is 0 Å². The molecule has 264 valence electrons. The number of hydrogen-bond acceptors (Lipinski definition) is 6. The van der Waals surface area contributed by atoms with Crippen LogP contribution < -0.4 is 4.74 Å². The van der Waals surface area contributed by atoms with Gasteiger partial charge in [-0.2, -0.15) is 0 Å². The normalized spacial score (nSPS) is 24.4. The molecule has 7 heteroatoms. The summed E-state index contributed by atoms with van der Waals surface area (Å²) in [4.78, 5) is 0. The topological polar surface area (TPSA) is 66.4 Å². The van der Waals surface area contributed by atoms with E-state index in [4.69, 9.17) is 35.3 Å². The molecule has 7 rings (SSSR count). The molecule has 2 aliphatic rings. The molecule has 2 saturated heterocycles. The van der Waals surface area contributed by atoms with Crippen LogP contribution in [-0.4, -0.2) is 35.1 Å². The van der Waals surface area contributed by atoms with Crippen molar-refractivity contribution in [2.24, 2.45) is 5.92 Å². The number of ether oxygens (including phenoxy) is 5. The Labute approximate surface area is 305 Å². The fraction of sp³-hybridized carbons (Fsp3) is 0.318. The Morgan fingerprint density at radius 3 is 1.88 bits per heavy atom. The average Bonchev–Trinajstić information content (AvgIpc) is 3.54. The third-order valence-electron chi connectivity index (χ3n) is 10.3. The summed E-state index contributed by atoms with van der Waals surface area (Å²) in [6, 6.07) is 44.2. The molecule has 6 nitrogen and oxygen atoms in total. The molecule has 0 saturated carbocycles. The van der Waals surface area contributed by atoms with Crippen molar-refractivity contribution in [3.63, 3.8) is 0 Å². The number of halogens is 1. The molecular formula is C44H45ClO6. The molecule has 2 aliphatic heterocycles. The van der Waals surface area contributed by atoms with E-state index in [1.807, 2.05) is 121 Å². The molecular weight excluding hydrogens is 660 g/mol. The SMILES string of the molecule is C[C@H]1[C@H](OCc2ccccc2)[C@@H](OCc2ccccc2)[C@@]2(c3ccc(Cl)c(Cc4ccc(OCc5ccccc5)cc4)c3)OC[C@]1(C(C)(C)O)O2. The smallest absolute Gasteiger partial charge is 0.225 e. The molecule has 2 fully saturated rings. The van der Waals surface area contributed by atoms with E-state index in [1.54, 1.807) is 13.8 Å². The average molecular weight is 705 g/mol. The van der Waals surface area contributed by atoms with Crippen LogP contribution in [0.4, 0.5) is 0 Å². The van der Waals surface area contributed by atoms with E-state index in [9.17, 15) is 5.11 Å². The summed E-state index contributed by atoms with van der Waals surface area (Å²) in [5, 5.41) is 12.4. The predicted molar refractivity (Wildman–Crippen MR) is 198 cm³/mol. The molecule has 2 heterocycles. The molecule has 0 spiro atoms. The van der Waals surface area contributed by atoms with Gasteiger partial charge in [0.1, 0.15) is 24.1 Å². The van der Waals surface area contributed by atoms with Crippen LogP contribution in [0.25, 0.3) is 0 Å². The van der Waals surface area contributed by atoms with Crippen LogP contribution in [0.3, 0.4) is 0 Å². The monoisotopic (exact) mass is 704 g/mol. The zero-order chi connectivity index (χ0) is 35.5. The Morgan fingerprint density at radius 2 is 1.29 bits per heavy atom. The Kier molecular flexibility index (Phi) is 10.4. The summed E-state index contributed by atoms with van der Waals surface area (Å²) in [5.41, 5.74) is 3.60. The van der Waals surface area contributed by atoms with E-state index in [0.29, 0.717) is 31.3 Å². The van der Waals surface area contributed by atoms with Crippen molar-refractivity contribution >= 4 is 11.6 Å². The van der Waals surface area contributed by atoms with Gasteiger partial charge in [0.2, 0.25) is 5.79 Å². The van der Waals surface area contributed by atoms with E-state index in [0.717, 1.165) is 39.1 Å². The summed E-state index contributed by atoms with van der Waals surface area (Å²) >= 11 is 6.88. The highest BCUT2D eigenvalue weighted by molar-refractivity contribution is 6.31. The van der Waals surface area contributed by atoms with Crippen molar-refractivity contribution in [1.82, 2.24) is 0 Å². The molecule has 51 heavy (non-hydrogen) atoms. The number of fused-ring (bicyclic) bond motifs is 2. The molecule has 0 aromatic heterocycles. The minimum absolute atomic E-state index is 0.163. The lowest BCUT2D eigenvalue weighted by molar-refractivity contribution is -0.352. The van der Waals surface area contributed by atoms with Crippen LogP contribution in [-0.2, 0) is 51.0 Å². The summed E-state index contributed by atoms with van der Waals surface area (Å²) in [7, 11) is 0. The van der Waals surface area contributed by atoms with Crippen LogP contribution in [0.2, 0.25) is 5.02 Å². The first-order chi connectivity index (χ1) is 24.7. The molecule has 5 atom stereocenters. The van der Waals surface area contributed by atoms with Gasteiger partial charge in [0, 0.05) is 16.5 Å². The third-order valence-corrected chi connectivity index (χ3v) is 10.7. The maximum Gasteiger partial charge on any atom is 0.225 e. The Bertz CT molecular complexity index is 1880. The highest BCUT2D eigenvalue weighted by Crippen LogP contribution is 2.57. The fourth-order valence-corrected chi connectivity index (χ4v) is 7.56. The van der Waals surface area contributed by atoms with Gasteiger partial charge in [-0.05, 0) is 72.4 Å². The quantitative estimate of drug-likeness (QED) is 0.132.